The van der Waals surface area contributed by atoms with Crippen LogP contribution < -0.4 is 10.6 Å². The summed E-state index contributed by atoms with van der Waals surface area (Å²) >= 11 is 1.56. The number of hydrogen-bond donors (Lipinski definition) is 2. The van der Waals surface area contributed by atoms with Crippen LogP contribution in [0.2, 0.25) is 0 Å². The molecule has 1 aromatic heterocycles. The van der Waals surface area contributed by atoms with Crippen LogP contribution in [0.4, 0.5) is 20.2 Å². The standard InChI is InChI=1S/C18H15F2N3OS/c1-11-22-17(10-25-11)12-3-2-4-14(7-12)23-18(24)9-21-13-5-6-15(19)16(20)8-13/h2-8,10,21H,9H2,1H3,(H,23,24). The fourth-order valence-electron chi connectivity index (χ4n) is 2.25. The second kappa shape index (κ2) is 7.40. The Bertz CT molecular complexity index is 911. The highest BCUT2D eigenvalue weighted by Crippen LogP contribution is 2.24. The average molecular weight is 359 g/mol. The van der Waals surface area contributed by atoms with Gasteiger partial charge in [-0.05, 0) is 31.2 Å². The molecule has 0 unspecified atom stereocenters. The summed E-state index contributed by atoms with van der Waals surface area (Å²) in [5.41, 5.74) is 2.75. The number of hydrogen-bond acceptors (Lipinski definition) is 4. The molecular weight excluding hydrogens is 344 g/mol. The average Bonchev–Trinajstić information content (AvgIpc) is 3.03. The molecule has 7 heteroatoms. The number of nitrogens with one attached hydrogen (secondary N) is 2. The van der Waals surface area contributed by atoms with Gasteiger partial charge in [0.15, 0.2) is 11.6 Å². The molecule has 1 amide bonds. The molecule has 0 saturated carbocycles. The van der Waals surface area contributed by atoms with Crippen molar-refractivity contribution in [1.82, 2.24) is 4.98 Å². The normalized spacial score (nSPS) is 10.5. The lowest BCUT2D eigenvalue weighted by molar-refractivity contribution is -0.114. The second-order valence-electron chi connectivity index (χ2n) is 5.36. The summed E-state index contributed by atoms with van der Waals surface area (Å²) in [6, 6.07) is 10.8. The first kappa shape index (κ1) is 17.0. The number of carbonyl (C=O) groups is 1. The van der Waals surface area contributed by atoms with Gasteiger partial charge in [-0.1, -0.05) is 12.1 Å². The minimum Gasteiger partial charge on any atom is -0.376 e. The fourth-order valence-corrected chi connectivity index (χ4v) is 2.87. The molecule has 128 valence electrons. The lowest BCUT2D eigenvalue weighted by Crippen LogP contribution is -2.21. The number of amides is 1. The van der Waals surface area contributed by atoms with Crippen molar-refractivity contribution in [3.8, 4) is 11.3 Å². The SMILES string of the molecule is Cc1nc(-c2cccc(NC(=O)CNc3ccc(F)c(F)c3)c2)cs1. The van der Waals surface area contributed by atoms with Gasteiger partial charge in [0, 0.05) is 28.4 Å². The minimum atomic E-state index is -0.961. The van der Waals surface area contributed by atoms with Crippen LogP contribution >= 0.6 is 11.3 Å². The van der Waals surface area contributed by atoms with E-state index in [1.807, 2.05) is 30.5 Å². The topological polar surface area (TPSA) is 54.0 Å². The summed E-state index contributed by atoms with van der Waals surface area (Å²) in [5.74, 6) is -2.18. The van der Waals surface area contributed by atoms with E-state index >= 15 is 0 Å². The number of halogens is 2. The Morgan fingerprint density at radius 3 is 2.68 bits per heavy atom. The molecule has 0 bridgehead atoms. The molecule has 0 spiro atoms. The van der Waals surface area contributed by atoms with Crippen molar-refractivity contribution in [2.45, 2.75) is 6.92 Å². The Hall–Kier alpha value is -2.80. The van der Waals surface area contributed by atoms with E-state index in [1.165, 1.54) is 6.07 Å². The Morgan fingerprint density at radius 1 is 1.12 bits per heavy atom. The van der Waals surface area contributed by atoms with E-state index in [0.717, 1.165) is 28.4 Å². The zero-order chi connectivity index (χ0) is 17.8. The molecule has 0 aliphatic heterocycles. The van der Waals surface area contributed by atoms with Crippen LogP contribution in [0.3, 0.4) is 0 Å². The van der Waals surface area contributed by atoms with Gasteiger partial charge >= 0.3 is 0 Å². The third-order valence-corrected chi connectivity index (χ3v) is 4.21. The summed E-state index contributed by atoms with van der Waals surface area (Å²) in [4.78, 5) is 16.5. The summed E-state index contributed by atoms with van der Waals surface area (Å²) in [5, 5.41) is 8.45. The lowest BCUT2D eigenvalue weighted by atomic mass is 10.1. The number of aromatic nitrogens is 1. The third kappa shape index (κ3) is 4.39. The van der Waals surface area contributed by atoms with Gasteiger partial charge in [-0.15, -0.1) is 11.3 Å². The predicted molar refractivity (Wildman–Crippen MR) is 95.8 cm³/mol. The smallest absolute Gasteiger partial charge is 0.243 e. The second-order valence-corrected chi connectivity index (χ2v) is 6.43. The number of benzene rings is 2. The molecule has 0 atom stereocenters. The molecule has 2 aromatic carbocycles. The summed E-state index contributed by atoms with van der Waals surface area (Å²) in [7, 11) is 0. The van der Waals surface area contributed by atoms with Crippen LogP contribution in [0.15, 0.2) is 47.8 Å². The van der Waals surface area contributed by atoms with E-state index in [0.29, 0.717) is 11.4 Å². The number of thiazole rings is 1. The molecule has 0 fully saturated rings. The fraction of sp³-hybridized carbons (Fsp3) is 0.111. The van der Waals surface area contributed by atoms with Crippen LogP contribution in [0, 0.1) is 18.6 Å². The van der Waals surface area contributed by atoms with Crippen LogP contribution in [0.25, 0.3) is 11.3 Å². The Morgan fingerprint density at radius 2 is 1.96 bits per heavy atom. The molecule has 0 radical (unpaired) electrons. The van der Waals surface area contributed by atoms with Gasteiger partial charge in [0.2, 0.25) is 5.91 Å². The quantitative estimate of drug-likeness (QED) is 0.708. The first-order valence-electron chi connectivity index (χ1n) is 7.52. The van der Waals surface area contributed by atoms with Crippen molar-refractivity contribution >= 4 is 28.6 Å². The van der Waals surface area contributed by atoms with Gasteiger partial charge in [0.05, 0.1) is 17.2 Å². The van der Waals surface area contributed by atoms with Crippen molar-refractivity contribution in [3.63, 3.8) is 0 Å². The van der Waals surface area contributed by atoms with Gasteiger partial charge in [0.1, 0.15) is 0 Å². The van der Waals surface area contributed by atoms with Crippen molar-refractivity contribution in [1.29, 1.82) is 0 Å². The van der Waals surface area contributed by atoms with E-state index in [-0.39, 0.29) is 12.5 Å². The highest BCUT2D eigenvalue weighted by molar-refractivity contribution is 7.09. The third-order valence-electron chi connectivity index (χ3n) is 3.43. The van der Waals surface area contributed by atoms with E-state index in [1.54, 1.807) is 17.4 Å². The predicted octanol–water partition coefficient (Wildman–Crippen LogP) is 4.45. The Kier molecular flexibility index (Phi) is 5.04. The van der Waals surface area contributed by atoms with Gasteiger partial charge < -0.3 is 10.6 Å². The molecule has 0 saturated heterocycles. The highest BCUT2D eigenvalue weighted by atomic mass is 32.1. The highest BCUT2D eigenvalue weighted by Gasteiger charge is 2.07. The van der Waals surface area contributed by atoms with Gasteiger partial charge in [-0.2, -0.15) is 0 Å². The monoisotopic (exact) mass is 359 g/mol. The summed E-state index contributed by atoms with van der Waals surface area (Å²) in [6.45, 7) is 1.87. The van der Waals surface area contributed by atoms with Crippen LogP contribution in [-0.4, -0.2) is 17.4 Å². The minimum absolute atomic E-state index is 0.0644. The van der Waals surface area contributed by atoms with Crippen molar-refractivity contribution in [2.75, 3.05) is 17.2 Å². The van der Waals surface area contributed by atoms with E-state index in [9.17, 15) is 13.6 Å². The zero-order valence-electron chi connectivity index (χ0n) is 13.3. The largest absolute Gasteiger partial charge is 0.376 e. The molecule has 25 heavy (non-hydrogen) atoms. The first-order valence-corrected chi connectivity index (χ1v) is 8.40. The first-order chi connectivity index (χ1) is 12.0. The maximum atomic E-state index is 13.1. The number of nitrogens with zero attached hydrogens (tertiary/aromatic N) is 1. The van der Waals surface area contributed by atoms with E-state index in [2.05, 4.69) is 15.6 Å². The van der Waals surface area contributed by atoms with Gasteiger partial charge in [0.25, 0.3) is 0 Å². The van der Waals surface area contributed by atoms with Crippen molar-refractivity contribution in [3.05, 3.63) is 64.5 Å². The number of anilines is 2. The molecule has 3 aromatic rings. The number of carbonyl (C=O) groups excluding carboxylic acids is 1. The number of aryl methyl sites for hydroxylation is 1. The Balaban J connectivity index is 1.62. The molecule has 4 nitrogen and oxygen atoms in total. The maximum absolute atomic E-state index is 13.1. The van der Waals surface area contributed by atoms with Crippen molar-refractivity contribution in [2.24, 2.45) is 0 Å². The van der Waals surface area contributed by atoms with Crippen LogP contribution in [0.5, 0.6) is 0 Å². The zero-order valence-corrected chi connectivity index (χ0v) is 14.2. The van der Waals surface area contributed by atoms with E-state index in [4.69, 9.17) is 0 Å². The molecular formula is C18H15F2N3OS. The summed E-state index contributed by atoms with van der Waals surface area (Å²) < 4.78 is 26.0. The van der Waals surface area contributed by atoms with Gasteiger partial charge in [-0.25, -0.2) is 13.8 Å². The molecule has 3 rings (SSSR count). The molecule has 0 aliphatic carbocycles. The van der Waals surface area contributed by atoms with Gasteiger partial charge in [-0.3, -0.25) is 4.79 Å². The van der Waals surface area contributed by atoms with Crippen LogP contribution in [-0.2, 0) is 4.79 Å². The number of rotatable bonds is 5. The maximum Gasteiger partial charge on any atom is 0.243 e. The molecule has 2 N–H and O–H groups in total. The Labute approximate surface area is 147 Å². The summed E-state index contributed by atoms with van der Waals surface area (Å²) in [6.07, 6.45) is 0. The van der Waals surface area contributed by atoms with E-state index < -0.39 is 11.6 Å². The van der Waals surface area contributed by atoms with Crippen molar-refractivity contribution < 1.29 is 13.6 Å². The molecule has 0 aliphatic rings. The molecule has 1 heterocycles. The van der Waals surface area contributed by atoms with Crippen LogP contribution in [0.1, 0.15) is 5.01 Å². The lowest BCUT2D eigenvalue weighted by Gasteiger charge is -2.09.